The lowest BCUT2D eigenvalue weighted by Crippen LogP contribution is -2.61. The van der Waals surface area contributed by atoms with Gasteiger partial charge in [0.2, 0.25) is 5.91 Å². The molecule has 0 aromatic carbocycles. The molecule has 7 atom stereocenters. The number of amides is 1. The Bertz CT molecular complexity index is 1340. The second-order valence-corrected chi connectivity index (χ2v) is 23.0. The molecule has 0 saturated carbocycles. The van der Waals surface area contributed by atoms with Gasteiger partial charge in [-0.05, 0) is 38.5 Å². The molecule has 13 heteroatoms. The Hall–Kier alpha value is -1.16. The van der Waals surface area contributed by atoms with Gasteiger partial charge in [0, 0.05) is 6.42 Å². The van der Waals surface area contributed by atoms with Crippen LogP contribution in [0.15, 0.2) is 12.2 Å². The summed E-state index contributed by atoms with van der Waals surface area (Å²) in [5, 5.41) is 45.2. The van der Waals surface area contributed by atoms with Crippen molar-refractivity contribution in [2.45, 2.75) is 352 Å². The van der Waals surface area contributed by atoms with Gasteiger partial charge in [-0.25, -0.2) is 4.18 Å². The Morgan fingerprint density at radius 2 is 0.877 bits per heavy atom. The van der Waals surface area contributed by atoms with Gasteiger partial charge in [0.1, 0.15) is 24.4 Å². The van der Waals surface area contributed by atoms with E-state index in [0.717, 1.165) is 51.4 Å². The number of hydrogen-bond donors (Lipinski definition) is 6. The number of aliphatic hydroxyl groups is 4. The second kappa shape index (κ2) is 50.4. The number of allylic oxidation sites excluding steroid dienone is 2. The zero-order valence-electron chi connectivity index (χ0n) is 47.2. The Morgan fingerprint density at radius 1 is 0.534 bits per heavy atom. The van der Waals surface area contributed by atoms with Crippen molar-refractivity contribution in [3.63, 3.8) is 0 Å². The van der Waals surface area contributed by atoms with E-state index in [4.69, 9.17) is 9.47 Å². The highest BCUT2D eigenvalue weighted by Crippen LogP contribution is 2.26. The number of carbonyl (C=O) groups excluding carboxylic acids is 1. The van der Waals surface area contributed by atoms with Crippen molar-refractivity contribution >= 4 is 16.3 Å². The first-order valence-electron chi connectivity index (χ1n) is 31.1. The van der Waals surface area contributed by atoms with Crippen molar-refractivity contribution in [2.24, 2.45) is 0 Å². The molecule has 1 heterocycles. The van der Waals surface area contributed by atoms with Crippen LogP contribution < -0.4 is 5.32 Å². The van der Waals surface area contributed by atoms with Crippen LogP contribution in [0.4, 0.5) is 0 Å². The van der Waals surface area contributed by atoms with Gasteiger partial charge in [-0.15, -0.1) is 0 Å². The molecule has 0 aliphatic carbocycles. The van der Waals surface area contributed by atoms with Crippen LogP contribution >= 0.6 is 0 Å². The zero-order valence-corrected chi connectivity index (χ0v) is 48.0. The SMILES string of the molecule is CCCCCCCCCCCCCC/C=C\CCCCCCCCCCCCCC(=O)NC(COC1OC(CO)C(O)C(OS(=O)(=O)O)C1O)C(O)CCCCCCCCCCCCCCCCCCCCC. The van der Waals surface area contributed by atoms with E-state index in [1.807, 2.05) is 0 Å². The highest BCUT2D eigenvalue weighted by molar-refractivity contribution is 7.80. The van der Waals surface area contributed by atoms with E-state index in [0.29, 0.717) is 12.8 Å². The second-order valence-electron chi connectivity index (χ2n) is 22.0. The summed E-state index contributed by atoms with van der Waals surface area (Å²) in [6.07, 6.45) is 52.2. The van der Waals surface area contributed by atoms with Crippen molar-refractivity contribution in [3.8, 4) is 0 Å². The lowest BCUT2D eigenvalue weighted by molar-refractivity contribution is -0.298. The first-order valence-corrected chi connectivity index (χ1v) is 32.4. The van der Waals surface area contributed by atoms with Crippen LogP contribution in [0.25, 0.3) is 0 Å². The maximum Gasteiger partial charge on any atom is 0.397 e. The van der Waals surface area contributed by atoms with E-state index in [1.165, 1.54) is 231 Å². The van der Waals surface area contributed by atoms with Gasteiger partial charge < -0.3 is 35.2 Å². The zero-order chi connectivity index (χ0) is 53.3. The molecule has 73 heavy (non-hydrogen) atoms. The molecule has 1 fully saturated rings. The fourth-order valence-corrected chi connectivity index (χ4v) is 10.8. The van der Waals surface area contributed by atoms with Gasteiger partial charge >= 0.3 is 10.4 Å². The summed E-state index contributed by atoms with van der Waals surface area (Å²) in [5.74, 6) is -0.225. The predicted molar refractivity (Wildman–Crippen MR) is 301 cm³/mol. The van der Waals surface area contributed by atoms with Crippen molar-refractivity contribution in [1.29, 1.82) is 0 Å². The minimum Gasteiger partial charge on any atom is -0.394 e. The van der Waals surface area contributed by atoms with Gasteiger partial charge in [0.15, 0.2) is 6.29 Å². The van der Waals surface area contributed by atoms with E-state index >= 15 is 0 Å². The third-order valence-corrected chi connectivity index (χ3v) is 15.5. The largest absolute Gasteiger partial charge is 0.397 e. The summed E-state index contributed by atoms with van der Waals surface area (Å²) < 4.78 is 48.0. The van der Waals surface area contributed by atoms with Crippen LogP contribution in [-0.2, 0) is 28.9 Å². The van der Waals surface area contributed by atoms with Gasteiger partial charge in [0.05, 0.1) is 25.4 Å². The van der Waals surface area contributed by atoms with E-state index in [1.54, 1.807) is 0 Å². The number of aliphatic hydroxyl groups excluding tert-OH is 4. The van der Waals surface area contributed by atoms with Crippen LogP contribution in [0.1, 0.15) is 309 Å². The molecule has 434 valence electrons. The fourth-order valence-electron chi connectivity index (χ4n) is 10.3. The van der Waals surface area contributed by atoms with Crippen molar-refractivity contribution in [3.05, 3.63) is 12.2 Å². The molecule has 0 spiro atoms. The first-order chi connectivity index (χ1) is 35.5. The predicted octanol–water partition coefficient (Wildman–Crippen LogP) is 15.0. The smallest absolute Gasteiger partial charge is 0.394 e. The summed E-state index contributed by atoms with van der Waals surface area (Å²) in [6, 6.07) is -0.857. The van der Waals surface area contributed by atoms with Crippen LogP contribution in [0.3, 0.4) is 0 Å². The third-order valence-electron chi connectivity index (χ3n) is 15.1. The average molecular weight is 1060 g/mol. The van der Waals surface area contributed by atoms with Gasteiger partial charge in [-0.1, -0.05) is 276 Å². The maximum atomic E-state index is 13.2. The summed E-state index contributed by atoms with van der Waals surface area (Å²) in [5.41, 5.74) is 0. The van der Waals surface area contributed by atoms with Gasteiger partial charge in [-0.2, -0.15) is 8.42 Å². The third kappa shape index (κ3) is 42.5. The van der Waals surface area contributed by atoms with E-state index < -0.39 is 59.9 Å². The number of rotatable bonds is 55. The van der Waals surface area contributed by atoms with Crippen LogP contribution in [0.2, 0.25) is 0 Å². The highest BCUT2D eigenvalue weighted by Gasteiger charge is 2.48. The Labute approximate surface area is 449 Å². The molecule has 6 N–H and O–H groups in total. The number of carbonyl (C=O) groups is 1. The summed E-state index contributed by atoms with van der Waals surface area (Å²) >= 11 is 0. The van der Waals surface area contributed by atoms with E-state index in [-0.39, 0.29) is 12.5 Å². The molecule has 12 nitrogen and oxygen atoms in total. The summed E-state index contributed by atoms with van der Waals surface area (Å²) in [6.45, 7) is 3.51. The molecule has 0 bridgehead atoms. The van der Waals surface area contributed by atoms with E-state index in [9.17, 15) is 38.2 Å². The minimum atomic E-state index is -5.08. The number of ether oxygens (including phenoxy) is 2. The number of hydrogen-bond acceptors (Lipinski definition) is 10. The normalized spacial score (nSPS) is 19.2. The Morgan fingerprint density at radius 3 is 1.23 bits per heavy atom. The van der Waals surface area contributed by atoms with E-state index in [2.05, 4.69) is 35.5 Å². The molecular formula is C60H117NO11S. The molecular weight excluding hydrogens is 943 g/mol. The summed E-state index contributed by atoms with van der Waals surface area (Å²) in [4.78, 5) is 13.2. The molecule has 1 rings (SSSR count). The molecule has 1 aliphatic rings. The number of unbranched alkanes of at least 4 members (excludes halogenated alkanes) is 41. The standard InChI is InChI=1S/C60H117NO11S/c1-3-5-7-9-11-13-15-17-19-21-23-24-25-26-27-28-29-30-32-34-36-38-40-42-44-46-48-50-56(64)61-53(52-70-60-58(66)59(72-73(67,68)69)57(65)55(51-62)71-60)54(63)49-47-45-43-41-39-37-35-33-31-22-20-18-16-14-12-10-8-6-4-2/h26-27,53-55,57-60,62-63,65-66H,3-25,28-52H2,1-2H3,(H,61,64)(H,67,68,69)/b27-26-. The lowest BCUT2D eigenvalue weighted by atomic mass is 9.99. The summed E-state index contributed by atoms with van der Waals surface area (Å²) in [7, 11) is -5.08. The molecule has 1 amide bonds. The Kier molecular flexibility index (Phi) is 48.2. The van der Waals surface area contributed by atoms with Crippen molar-refractivity contribution in [1.82, 2.24) is 5.32 Å². The highest BCUT2D eigenvalue weighted by atomic mass is 32.3. The maximum absolute atomic E-state index is 13.2. The molecule has 1 aliphatic heterocycles. The molecule has 0 aromatic heterocycles. The van der Waals surface area contributed by atoms with Crippen molar-refractivity contribution in [2.75, 3.05) is 13.2 Å². The Balaban J connectivity index is 2.29. The quantitative estimate of drug-likeness (QED) is 0.0193. The van der Waals surface area contributed by atoms with Gasteiger partial charge in [-0.3, -0.25) is 9.35 Å². The first kappa shape index (κ1) is 69.9. The molecule has 0 aromatic rings. The fraction of sp³-hybridized carbons (Fsp3) is 0.950. The average Bonchev–Trinajstić information content (AvgIpc) is 3.37. The van der Waals surface area contributed by atoms with Crippen LogP contribution in [0.5, 0.6) is 0 Å². The molecule has 0 radical (unpaired) electrons. The number of nitrogens with one attached hydrogen (secondary N) is 1. The lowest BCUT2D eigenvalue weighted by Gasteiger charge is -2.41. The van der Waals surface area contributed by atoms with Gasteiger partial charge in [0.25, 0.3) is 0 Å². The van der Waals surface area contributed by atoms with Crippen LogP contribution in [-0.4, -0.2) is 95.4 Å². The molecule has 7 unspecified atom stereocenters. The topological polar surface area (TPSA) is 192 Å². The monoisotopic (exact) mass is 1060 g/mol. The van der Waals surface area contributed by atoms with Crippen LogP contribution in [0, 0.1) is 0 Å². The minimum absolute atomic E-state index is 0.225. The van der Waals surface area contributed by atoms with Crippen molar-refractivity contribution < 1.29 is 51.8 Å². The molecule has 1 saturated heterocycles.